The molecule has 0 atom stereocenters. The van der Waals surface area contributed by atoms with Crippen molar-refractivity contribution in [1.82, 2.24) is 10.2 Å². The van der Waals surface area contributed by atoms with E-state index < -0.39 is 15.9 Å². The molecule has 3 rings (SSSR count). The zero-order valence-electron chi connectivity index (χ0n) is 15.3. The number of nitrogens with zero attached hydrogens (tertiary/aromatic N) is 2. The van der Waals surface area contributed by atoms with Crippen molar-refractivity contribution in [2.75, 3.05) is 16.6 Å². The Hall–Kier alpha value is -3.84. The van der Waals surface area contributed by atoms with Crippen molar-refractivity contribution in [3.8, 4) is 11.8 Å². The number of aromatic amines is 1. The highest BCUT2D eigenvalue weighted by Gasteiger charge is 2.20. The largest absolute Gasteiger partial charge is 0.494 e. The highest BCUT2D eigenvalue weighted by molar-refractivity contribution is 7.92. The van der Waals surface area contributed by atoms with Crippen molar-refractivity contribution in [3.63, 3.8) is 0 Å². The van der Waals surface area contributed by atoms with E-state index in [1.165, 1.54) is 6.07 Å². The summed E-state index contributed by atoms with van der Waals surface area (Å²) in [6, 6.07) is 15.8. The molecule has 1 aromatic heterocycles. The first kappa shape index (κ1) is 19.9. The van der Waals surface area contributed by atoms with Gasteiger partial charge in [0.2, 0.25) is 0 Å². The Morgan fingerprint density at radius 1 is 1.17 bits per heavy atom. The number of aromatic nitrogens is 2. The summed E-state index contributed by atoms with van der Waals surface area (Å²) in [4.78, 5) is 12.3. The number of hydrogen-bond donors (Lipinski definition) is 3. The molecule has 10 heteroatoms. The van der Waals surface area contributed by atoms with E-state index in [1.54, 1.807) is 42.5 Å². The van der Waals surface area contributed by atoms with Gasteiger partial charge < -0.3 is 10.1 Å². The van der Waals surface area contributed by atoms with Crippen molar-refractivity contribution < 1.29 is 17.9 Å². The Morgan fingerprint density at radius 2 is 1.93 bits per heavy atom. The van der Waals surface area contributed by atoms with Crippen LogP contribution in [0.3, 0.4) is 0 Å². The number of nitriles is 1. The number of hydrogen-bond acceptors (Lipinski definition) is 6. The van der Waals surface area contributed by atoms with Gasteiger partial charge in [-0.25, -0.2) is 0 Å². The van der Waals surface area contributed by atoms with E-state index in [0.717, 1.165) is 6.07 Å². The van der Waals surface area contributed by atoms with Gasteiger partial charge in [0.25, 0.3) is 15.9 Å². The maximum atomic E-state index is 12.5. The maximum Gasteiger partial charge on any atom is 0.278 e. The van der Waals surface area contributed by atoms with E-state index in [4.69, 9.17) is 10.00 Å². The maximum absolute atomic E-state index is 12.5. The van der Waals surface area contributed by atoms with Crippen LogP contribution in [0.15, 0.2) is 59.6 Å². The fraction of sp³-hybridized carbons (Fsp3) is 0.105. The molecule has 9 nitrogen and oxygen atoms in total. The normalized spacial score (nSPS) is 10.8. The van der Waals surface area contributed by atoms with Gasteiger partial charge in [0.05, 0.1) is 18.2 Å². The van der Waals surface area contributed by atoms with Crippen molar-refractivity contribution in [2.45, 2.75) is 11.9 Å². The minimum atomic E-state index is -3.97. The van der Waals surface area contributed by atoms with Crippen LogP contribution in [-0.2, 0) is 10.0 Å². The van der Waals surface area contributed by atoms with Gasteiger partial charge in [-0.2, -0.15) is 18.8 Å². The summed E-state index contributed by atoms with van der Waals surface area (Å²) >= 11 is 0. The summed E-state index contributed by atoms with van der Waals surface area (Å²) in [7, 11) is -3.97. The molecule has 0 spiro atoms. The van der Waals surface area contributed by atoms with Crippen molar-refractivity contribution in [1.29, 1.82) is 5.26 Å². The van der Waals surface area contributed by atoms with E-state index in [0.29, 0.717) is 29.3 Å². The lowest BCUT2D eigenvalue weighted by molar-refractivity contribution is 0.102. The molecule has 29 heavy (non-hydrogen) atoms. The summed E-state index contributed by atoms with van der Waals surface area (Å²) in [5.74, 6) is 0.00951. The Balaban J connectivity index is 1.72. The number of rotatable bonds is 7. The third-order valence-corrected chi connectivity index (χ3v) is 5.04. The molecule has 3 aromatic rings. The fourth-order valence-corrected chi connectivity index (χ4v) is 3.40. The number of sulfonamides is 1. The smallest absolute Gasteiger partial charge is 0.278 e. The number of benzene rings is 2. The minimum Gasteiger partial charge on any atom is -0.494 e. The van der Waals surface area contributed by atoms with E-state index in [9.17, 15) is 13.2 Å². The molecule has 148 valence electrons. The molecular formula is C19H17N5O4S. The van der Waals surface area contributed by atoms with Gasteiger partial charge in [-0.05, 0) is 49.4 Å². The quantitative estimate of drug-likeness (QED) is 0.547. The van der Waals surface area contributed by atoms with Crippen LogP contribution >= 0.6 is 0 Å². The number of H-pyrrole nitrogens is 1. The van der Waals surface area contributed by atoms with Crippen LogP contribution in [0.4, 0.5) is 11.4 Å². The van der Waals surface area contributed by atoms with Gasteiger partial charge in [-0.3, -0.25) is 14.6 Å². The first-order chi connectivity index (χ1) is 13.9. The van der Waals surface area contributed by atoms with Gasteiger partial charge in [0.1, 0.15) is 5.75 Å². The third-order valence-electron chi connectivity index (χ3n) is 3.74. The number of nitrogens with one attached hydrogen (secondary N) is 3. The predicted molar refractivity (Wildman–Crippen MR) is 106 cm³/mol. The van der Waals surface area contributed by atoms with Crippen molar-refractivity contribution >= 4 is 27.3 Å². The fourth-order valence-electron chi connectivity index (χ4n) is 2.42. The van der Waals surface area contributed by atoms with Crippen molar-refractivity contribution in [2.24, 2.45) is 0 Å². The molecule has 3 N–H and O–H groups in total. The molecule has 0 saturated carbocycles. The summed E-state index contributed by atoms with van der Waals surface area (Å²) in [6.45, 7) is 2.35. The van der Waals surface area contributed by atoms with E-state index in [-0.39, 0.29) is 10.7 Å². The molecule has 1 heterocycles. The van der Waals surface area contributed by atoms with Crippen LogP contribution in [0.25, 0.3) is 0 Å². The van der Waals surface area contributed by atoms with Gasteiger partial charge in [-0.1, -0.05) is 6.07 Å². The SMILES string of the molecule is CCOc1ccc(NS(=O)(=O)c2cc(C(=O)Nc3cccc(C#N)c3)n[nH]2)cc1. The molecule has 0 radical (unpaired) electrons. The van der Waals surface area contributed by atoms with Crippen LogP contribution in [0.2, 0.25) is 0 Å². The summed E-state index contributed by atoms with van der Waals surface area (Å²) < 4.78 is 32.7. The zero-order chi connectivity index (χ0) is 20.9. The molecule has 1 amide bonds. The minimum absolute atomic E-state index is 0.112. The highest BCUT2D eigenvalue weighted by Crippen LogP contribution is 2.19. The monoisotopic (exact) mass is 411 g/mol. The van der Waals surface area contributed by atoms with Crippen molar-refractivity contribution in [3.05, 3.63) is 65.9 Å². The number of amides is 1. The van der Waals surface area contributed by atoms with Crippen LogP contribution in [0.1, 0.15) is 23.0 Å². The molecular weight excluding hydrogens is 394 g/mol. The number of ether oxygens (including phenoxy) is 1. The second-order valence-electron chi connectivity index (χ2n) is 5.83. The lowest BCUT2D eigenvalue weighted by Crippen LogP contribution is -2.14. The molecule has 0 aliphatic heterocycles. The molecule has 0 fully saturated rings. The average Bonchev–Trinajstić information content (AvgIpc) is 3.21. The highest BCUT2D eigenvalue weighted by atomic mass is 32.2. The molecule has 0 saturated heterocycles. The topological polar surface area (TPSA) is 137 Å². The summed E-state index contributed by atoms with van der Waals surface area (Å²) in [6.07, 6.45) is 0. The molecule has 0 aliphatic carbocycles. The van der Waals surface area contributed by atoms with Gasteiger partial charge in [-0.15, -0.1) is 0 Å². The second-order valence-corrected chi connectivity index (χ2v) is 7.48. The van der Waals surface area contributed by atoms with Gasteiger partial charge >= 0.3 is 0 Å². The van der Waals surface area contributed by atoms with E-state index in [2.05, 4.69) is 20.2 Å². The lowest BCUT2D eigenvalue weighted by Gasteiger charge is -2.07. The third kappa shape index (κ3) is 4.91. The average molecular weight is 411 g/mol. The number of carbonyl (C=O) groups excluding carboxylic acids is 1. The van der Waals surface area contributed by atoms with Crippen LogP contribution in [0, 0.1) is 11.3 Å². The molecule has 2 aromatic carbocycles. The van der Waals surface area contributed by atoms with E-state index in [1.807, 2.05) is 13.0 Å². The number of carbonyl (C=O) groups is 1. The van der Waals surface area contributed by atoms with Crippen LogP contribution in [0.5, 0.6) is 5.75 Å². The summed E-state index contributed by atoms with van der Waals surface area (Å²) in [5, 5.41) is 17.3. The predicted octanol–water partition coefficient (Wildman–Crippen LogP) is 2.73. The zero-order valence-corrected chi connectivity index (χ0v) is 16.2. The molecule has 0 unspecified atom stereocenters. The summed E-state index contributed by atoms with van der Waals surface area (Å²) in [5.41, 5.74) is 1.00. The second kappa shape index (κ2) is 8.45. The number of anilines is 2. The van der Waals surface area contributed by atoms with Crippen LogP contribution in [-0.4, -0.2) is 31.1 Å². The Morgan fingerprint density at radius 3 is 2.62 bits per heavy atom. The van der Waals surface area contributed by atoms with Crippen LogP contribution < -0.4 is 14.8 Å². The Labute approximate surface area is 167 Å². The van der Waals surface area contributed by atoms with Gasteiger partial charge in [0.15, 0.2) is 10.7 Å². The molecule has 0 bridgehead atoms. The van der Waals surface area contributed by atoms with Gasteiger partial charge in [0, 0.05) is 17.4 Å². The first-order valence-electron chi connectivity index (χ1n) is 8.54. The first-order valence-corrected chi connectivity index (χ1v) is 10.0. The Bertz CT molecular complexity index is 1160. The lowest BCUT2D eigenvalue weighted by atomic mass is 10.2. The molecule has 0 aliphatic rings. The standard InChI is InChI=1S/C19H17N5O4S/c1-2-28-16-8-6-14(7-9-16)24-29(26,27)18-11-17(22-23-18)19(25)21-15-5-3-4-13(10-15)12-20/h3-11,24H,2H2,1H3,(H,21,25)(H,22,23). The van der Waals surface area contributed by atoms with E-state index >= 15 is 0 Å². The Kier molecular flexibility index (Phi) is 5.80.